The van der Waals surface area contributed by atoms with Crippen molar-refractivity contribution in [2.24, 2.45) is 5.41 Å². The number of pyridine rings is 1. The first-order chi connectivity index (χ1) is 8.68. The number of amides is 1. The van der Waals surface area contributed by atoms with Gasteiger partial charge in [-0.3, -0.25) is 9.78 Å². The van der Waals surface area contributed by atoms with Crippen LogP contribution in [0.1, 0.15) is 26.2 Å². The van der Waals surface area contributed by atoms with E-state index in [9.17, 15) is 9.18 Å². The summed E-state index contributed by atoms with van der Waals surface area (Å²) in [5.41, 5.74) is -0.220. The molecule has 0 spiro atoms. The minimum Gasteiger partial charge on any atom is -0.323 e. The van der Waals surface area contributed by atoms with E-state index in [2.05, 4.69) is 15.6 Å². The van der Waals surface area contributed by atoms with Gasteiger partial charge in [-0.25, -0.2) is 4.39 Å². The SMILES string of the molecule is CCC1(C(=O)Nc2ccncc2F)CCCNC1. The maximum absolute atomic E-state index is 13.5. The third kappa shape index (κ3) is 2.51. The molecule has 5 heteroatoms. The molecule has 4 nitrogen and oxygen atoms in total. The van der Waals surface area contributed by atoms with Crippen LogP contribution in [0.4, 0.5) is 10.1 Å². The van der Waals surface area contributed by atoms with Gasteiger partial charge in [-0.15, -0.1) is 0 Å². The first kappa shape index (κ1) is 13.0. The molecule has 1 saturated heterocycles. The minimum absolute atomic E-state index is 0.109. The second kappa shape index (κ2) is 5.44. The number of halogens is 1. The van der Waals surface area contributed by atoms with E-state index in [4.69, 9.17) is 0 Å². The van der Waals surface area contributed by atoms with Crippen LogP contribution in [0.25, 0.3) is 0 Å². The first-order valence-electron chi connectivity index (χ1n) is 6.30. The normalized spacial score (nSPS) is 23.7. The van der Waals surface area contributed by atoms with Gasteiger partial charge < -0.3 is 10.6 Å². The summed E-state index contributed by atoms with van der Waals surface area (Å²) in [5, 5.41) is 5.92. The van der Waals surface area contributed by atoms with E-state index >= 15 is 0 Å². The van der Waals surface area contributed by atoms with Crippen molar-refractivity contribution < 1.29 is 9.18 Å². The number of nitrogens with one attached hydrogen (secondary N) is 2. The summed E-state index contributed by atoms with van der Waals surface area (Å²) in [6.07, 6.45) is 5.14. The fourth-order valence-corrected chi connectivity index (χ4v) is 2.36. The van der Waals surface area contributed by atoms with Gasteiger partial charge >= 0.3 is 0 Å². The molecular weight excluding hydrogens is 233 g/mol. The summed E-state index contributed by atoms with van der Waals surface area (Å²) >= 11 is 0. The predicted molar refractivity (Wildman–Crippen MR) is 67.7 cm³/mol. The number of hydrogen-bond acceptors (Lipinski definition) is 3. The molecule has 98 valence electrons. The van der Waals surface area contributed by atoms with E-state index in [1.807, 2.05) is 6.92 Å². The molecule has 1 aromatic heterocycles. The number of rotatable bonds is 3. The molecule has 0 saturated carbocycles. The van der Waals surface area contributed by atoms with Crippen molar-refractivity contribution in [2.45, 2.75) is 26.2 Å². The number of piperidine rings is 1. The van der Waals surface area contributed by atoms with Crippen LogP contribution in [0.2, 0.25) is 0 Å². The number of hydrogen-bond donors (Lipinski definition) is 2. The van der Waals surface area contributed by atoms with Crippen molar-refractivity contribution in [2.75, 3.05) is 18.4 Å². The summed E-state index contributed by atoms with van der Waals surface area (Å²) < 4.78 is 13.5. The number of anilines is 1. The van der Waals surface area contributed by atoms with Crippen LogP contribution in [-0.2, 0) is 4.79 Å². The zero-order valence-corrected chi connectivity index (χ0v) is 10.5. The highest BCUT2D eigenvalue weighted by Crippen LogP contribution is 2.31. The highest BCUT2D eigenvalue weighted by Gasteiger charge is 2.38. The molecule has 0 radical (unpaired) electrons. The van der Waals surface area contributed by atoms with Gasteiger partial charge in [0.15, 0.2) is 5.82 Å². The lowest BCUT2D eigenvalue weighted by atomic mass is 9.77. The van der Waals surface area contributed by atoms with Gasteiger partial charge in [0.05, 0.1) is 17.3 Å². The smallest absolute Gasteiger partial charge is 0.231 e. The minimum atomic E-state index is -0.499. The largest absolute Gasteiger partial charge is 0.323 e. The summed E-state index contributed by atoms with van der Waals surface area (Å²) in [4.78, 5) is 16.0. The molecule has 1 aliphatic rings. The summed E-state index contributed by atoms with van der Waals surface area (Å²) in [6.45, 7) is 3.59. The van der Waals surface area contributed by atoms with E-state index in [1.165, 1.54) is 12.3 Å². The van der Waals surface area contributed by atoms with Crippen LogP contribution in [-0.4, -0.2) is 24.0 Å². The zero-order chi connectivity index (χ0) is 13.0. The molecule has 1 amide bonds. The standard InChI is InChI=1S/C13H18FN3O/c1-2-13(5-3-6-16-9-13)12(18)17-11-4-7-15-8-10(11)14/h4,7-8,16H,2-3,5-6,9H2,1H3,(H,15,17,18). The van der Waals surface area contributed by atoms with Crippen molar-refractivity contribution in [3.05, 3.63) is 24.3 Å². The van der Waals surface area contributed by atoms with E-state index < -0.39 is 11.2 Å². The highest BCUT2D eigenvalue weighted by molar-refractivity contribution is 5.95. The molecule has 1 atom stereocenters. The molecule has 2 heterocycles. The molecule has 0 aliphatic carbocycles. The number of carbonyl (C=O) groups is 1. The third-order valence-corrected chi connectivity index (χ3v) is 3.65. The molecule has 2 N–H and O–H groups in total. The monoisotopic (exact) mass is 251 g/mol. The van der Waals surface area contributed by atoms with E-state index in [1.54, 1.807) is 0 Å². The molecular formula is C13H18FN3O. The summed E-state index contributed by atoms with van der Waals surface area (Å²) in [6, 6.07) is 1.48. The van der Waals surface area contributed by atoms with Gasteiger partial charge in [0.2, 0.25) is 5.91 Å². The number of nitrogens with zero attached hydrogens (tertiary/aromatic N) is 1. The average molecular weight is 251 g/mol. The van der Waals surface area contributed by atoms with Crippen molar-refractivity contribution in [1.82, 2.24) is 10.3 Å². The van der Waals surface area contributed by atoms with Crippen LogP contribution >= 0.6 is 0 Å². The Morgan fingerprint density at radius 3 is 3.11 bits per heavy atom. The van der Waals surface area contributed by atoms with Crippen LogP contribution in [0.5, 0.6) is 0 Å². The molecule has 1 unspecified atom stereocenters. The number of aromatic nitrogens is 1. The molecule has 2 rings (SSSR count). The van der Waals surface area contributed by atoms with Crippen molar-refractivity contribution >= 4 is 11.6 Å². The molecule has 1 aliphatic heterocycles. The molecule has 18 heavy (non-hydrogen) atoms. The summed E-state index contributed by atoms with van der Waals surface area (Å²) in [7, 11) is 0. The van der Waals surface area contributed by atoms with Crippen LogP contribution in [0.3, 0.4) is 0 Å². The lowest BCUT2D eigenvalue weighted by molar-refractivity contribution is -0.126. The van der Waals surface area contributed by atoms with Crippen molar-refractivity contribution in [3.63, 3.8) is 0 Å². The third-order valence-electron chi connectivity index (χ3n) is 3.65. The predicted octanol–water partition coefficient (Wildman–Crippen LogP) is 1.94. The van der Waals surface area contributed by atoms with Crippen LogP contribution < -0.4 is 10.6 Å². The average Bonchev–Trinajstić information content (AvgIpc) is 2.42. The Hall–Kier alpha value is -1.49. The van der Waals surface area contributed by atoms with Gasteiger partial charge in [-0.2, -0.15) is 0 Å². The Morgan fingerprint density at radius 2 is 2.50 bits per heavy atom. The number of carbonyl (C=O) groups excluding carboxylic acids is 1. The second-order valence-electron chi connectivity index (χ2n) is 4.72. The van der Waals surface area contributed by atoms with Crippen LogP contribution in [0, 0.1) is 11.2 Å². The Kier molecular flexibility index (Phi) is 3.91. The van der Waals surface area contributed by atoms with E-state index in [-0.39, 0.29) is 11.6 Å². The van der Waals surface area contributed by atoms with Gasteiger partial charge in [0, 0.05) is 12.7 Å². The van der Waals surface area contributed by atoms with E-state index in [0.29, 0.717) is 6.54 Å². The lowest BCUT2D eigenvalue weighted by Gasteiger charge is -2.35. The highest BCUT2D eigenvalue weighted by atomic mass is 19.1. The molecule has 1 fully saturated rings. The molecule has 0 bridgehead atoms. The van der Waals surface area contributed by atoms with Gasteiger partial charge in [-0.1, -0.05) is 6.92 Å². The van der Waals surface area contributed by atoms with Gasteiger partial charge in [0.1, 0.15) is 0 Å². The first-order valence-corrected chi connectivity index (χ1v) is 6.30. The topological polar surface area (TPSA) is 54.0 Å². The van der Waals surface area contributed by atoms with Gasteiger partial charge in [0.25, 0.3) is 0 Å². The van der Waals surface area contributed by atoms with E-state index in [0.717, 1.165) is 32.0 Å². The Balaban J connectivity index is 2.13. The lowest BCUT2D eigenvalue weighted by Crippen LogP contribution is -2.47. The maximum atomic E-state index is 13.5. The van der Waals surface area contributed by atoms with Crippen molar-refractivity contribution in [3.8, 4) is 0 Å². The zero-order valence-electron chi connectivity index (χ0n) is 10.5. The maximum Gasteiger partial charge on any atom is 0.231 e. The van der Waals surface area contributed by atoms with Crippen molar-refractivity contribution in [1.29, 1.82) is 0 Å². The Bertz CT molecular complexity index is 430. The molecule has 0 aromatic carbocycles. The van der Waals surface area contributed by atoms with Gasteiger partial charge in [-0.05, 0) is 31.9 Å². The fraction of sp³-hybridized carbons (Fsp3) is 0.538. The Labute approximate surface area is 106 Å². The quantitative estimate of drug-likeness (QED) is 0.863. The second-order valence-corrected chi connectivity index (χ2v) is 4.72. The Morgan fingerprint density at radius 1 is 1.67 bits per heavy atom. The van der Waals surface area contributed by atoms with Crippen LogP contribution in [0.15, 0.2) is 18.5 Å². The summed E-state index contributed by atoms with van der Waals surface area (Å²) in [5.74, 6) is -0.608. The molecule has 1 aromatic rings. The fourth-order valence-electron chi connectivity index (χ4n) is 2.36.